The molecule has 0 radical (unpaired) electrons. The third kappa shape index (κ3) is 4.75. The van der Waals surface area contributed by atoms with Gasteiger partial charge in [0.25, 0.3) is 5.91 Å². The number of carbonyl (C=O) groups is 2. The molecule has 3 aliphatic carbocycles. The van der Waals surface area contributed by atoms with Gasteiger partial charge in [-0.25, -0.2) is 0 Å². The zero-order valence-corrected chi connectivity index (χ0v) is 17.7. The Balaban J connectivity index is 1.52. The SMILES string of the molecule is CCNC(C)NC1CCc2sc(NC(=O)C3CC3)c(C(=O)NCC3CC3)c2C1. The summed E-state index contributed by atoms with van der Waals surface area (Å²) in [7, 11) is 0. The number of rotatable bonds is 9. The molecular weight excluding hydrogens is 372 g/mol. The van der Waals surface area contributed by atoms with Crippen LogP contribution in [0.5, 0.6) is 0 Å². The maximum Gasteiger partial charge on any atom is 0.254 e. The molecule has 0 saturated heterocycles. The first-order valence-electron chi connectivity index (χ1n) is 10.8. The minimum atomic E-state index is -0.0177. The van der Waals surface area contributed by atoms with E-state index in [2.05, 4.69) is 35.1 Å². The molecule has 7 heteroatoms. The quantitative estimate of drug-likeness (QED) is 0.477. The highest BCUT2D eigenvalue weighted by molar-refractivity contribution is 7.17. The Morgan fingerprint density at radius 2 is 1.96 bits per heavy atom. The minimum absolute atomic E-state index is 0.0177. The lowest BCUT2D eigenvalue weighted by molar-refractivity contribution is -0.117. The Bertz CT molecular complexity index is 739. The van der Waals surface area contributed by atoms with Gasteiger partial charge in [-0.3, -0.25) is 14.9 Å². The lowest BCUT2D eigenvalue weighted by Crippen LogP contribution is -2.47. The van der Waals surface area contributed by atoms with Crippen LogP contribution in [-0.4, -0.2) is 37.1 Å². The molecule has 0 aliphatic heterocycles. The maximum absolute atomic E-state index is 13.0. The first kappa shape index (κ1) is 19.9. The number of hydrogen-bond acceptors (Lipinski definition) is 5. The highest BCUT2D eigenvalue weighted by atomic mass is 32.1. The number of carbonyl (C=O) groups excluding carboxylic acids is 2. The van der Waals surface area contributed by atoms with Crippen molar-refractivity contribution in [3.05, 3.63) is 16.0 Å². The second-order valence-electron chi connectivity index (χ2n) is 8.51. The van der Waals surface area contributed by atoms with E-state index >= 15 is 0 Å². The van der Waals surface area contributed by atoms with E-state index in [-0.39, 0.29) is 23.9 Å². The van der Waals surface area contributed by atoms with Crippen LogP contribution in [0.4, 0.5) is 5.00 Å². The molecule has 0 aromatic carbocycles. The van der Waals surface area contributed by atoms with Crippen LogP contribution in [0.1, 0.15) is 66.8 Å². The molecular formula is C21H32N4O2S. The Kier molecular flexibility index (Phi) is 6.04. The smallest absolute Gasteiger partial charge is 0.254 e. The molecule has 2 amide bonds. The summed E-state index contributed by atoms with van der Waals surface area (Å²) in [6.07, 6.45) is 7.46. The van der Waals surface area contributed by atoms with E-state index in [1.54, 1.807) is 11.3 Å². The second kappa shape index (κ2) is 8.51. The molecule has 28 heavy (non-hydrogen) atoms. The summed E-state index contributed by atoms with van der Waals surface area (Å²) in [5, 5.41) is 14.0. The van der Waals surface area contributed by atoms with Crippen molar-refractivity contribution in [2.45, 2.75) is 71.0 Å². The molecule has 3 aliphatic rings. The molecule has 2 fully saturated rings. The first-order valence-corrected chi connectivity index (χ1v) is 11.6. The van der Waals surface area contributed by atoms with Gasteiger partial charge in [-0.05, 0) is 69.9 Å². The molecule has 4 rings (SSSR count). The van der Waals surface area contributed by atoms with Crippen molar-refractivity contribution >= 4 is 28.2 Å². The number of fused-ring (bicyclic) bond motifs is 1. The molecule has 6 nitrogen and oxygen atoms in total. The molecule has 4 N–H and O–H groups in total. The molecule has 1 heterocycles. The van der Waals surface area contributed by atoms with Crippen LogP contribution >= 0.6 is 11.3 Å². The Hall–Kier alpha value is -1.44. The lowest BCUT2D eigenvalue weighted by atomic mass is 9.91. The number of amides is 2. The van der Waals surface area contributed by atoms with Crippen molar-refractivity contribution < 1.29 is 9.59 Å². The molecule has 2 saturated carbocycles. The van der Waals surface area contributed by atoms with Crippen LogP contribution in [0, 0.1) is 11.8 Å². The molecule has 2 atom stereocenters. The summed E-state index contributed by atoms with van der Waals surface area (Å²) in [5.41, 5.74) is 1.86. The maximum atomic E-state index is 13.0. The van der Waals surface area contributed by atoms with Crippen LogP contribution in [0.25, 0.3) is 0 Å². The zero-order chi connectivity index (χ0) is 19.7. The topological polar surface area (TPSA) is 82.3 Å². The normalized spacial score (nSPS) is 22.4. The van der Waals surface area contributed by atoms with Crippen molar-refractivity contribution in [3.8, 4) is 0 Å². The number of nitrogens with one attached hydrogen (secondary N) is 4. The van der Waals surface area contributed by atoms with Gasteiger partial charge in [-0.1, -0.05) is 6.92 Å². The Morgan fingerprint density at radius 1 is 1.18 bits per heavy atom. The number of anilines is 1. The van der Waals surface area contributed by atoms with Gasteiger partial charge in [-0.2, -0.15) is 0 Å². The summed E-state index contributed by atoms with van der Waals surface area (Å²) < 4.78 is 0. The standard InChI is InChI=1S/C21H32N4O2S/c1-3-22-12(2)24-15-8-9-17-16(10-15)18(20(27)23-11-13-4-5-13)21(28-17)25-19(26)14-6-7-14/h12-15,22,24H,3-11H2,1-2H3,(H,23,27)(H,25,26). The van der Waals surface area contributed by atoms with E-state index in [1.165, 1.54) is 17.7 Å². The monoisotopic (exact) mass is 404 g/mol. The predicted molar refractivity (Wildman–Crippen MR) is 113 cm³/mol. The van der Waals surface area contributed by atoms with E-state index < -0.39 is 0 Å². The third-order valence-corrected chi connectivity index (χ3v) is 7.12. The summed E-state index contributed by atoms with van der Waals surface area (Å²) in [6, 6.07) is 0.345. The summed E-state index contributed by atoms with van der Waals surface area (Å²) >= 11 is 1.61. The van der Waals surface area contributed by atoms with Gasteiger partial charge >= 0.3 is 0 Å². The fraction of sp³-hybridized carbons (Fsp3) is 0.714. The average Bonchev–Trinajstić information content (AvgIpc) is 3.56. The summed E-state index contributed by atoms with van der Waals surface area (Å²) in [6.45, 7) is 5.92. The highest BCUT2D eigenvalue weighted by Crippen LogP contribution is 2.40. The van der Waals surface area contributed by atoms with Crippen LogP contribution in [0.2, 0.25) is 0 Å². The molecule has 2 unspecified atom stereocenters. The Morgan fingerprint density at radius 3 is 2.64 bits per heavy atom. The van der Waals surface area contributed by atoms with Crippen LogP contribution in [0.15, 0.2) is 0 Å². The van der Waals surface area contributed by atoms with E-state index in [9.17, 15) is 9.59 Å². The fourth-order valence-corrected chi connectivity index (χ4v) is 5.22. The predicted octanol–water partition coefficient (Wildman–Crippen LogP) is 2.64. The van der Waals surface area contributed by atoms with Crippen molar-refractivity contribution in [1.29, 1.82) is 0 Å². The van der Waals surface area contributed by atoms with Crippen molar-refractivity contribution in [1.82, 2.24) is 16.0 Å². The van der Waals surface area contributed by atoms with Crippen molar-refractivity contribution in [2.75, 3.05) is 18.4 Å². The minimum Gasteiger partial charge on any atom is -0.352 e. The van der Waals surface area contributed by atoms with E-state index in [4.69, 9.17) is 0 Å². The molecule has 0 bridgehead atoms. The van der Waals surface area contributed by atoms with E-state index in [0.29, 0.717) is 12.0 Å². The number of aryl methyl sites for hydroxylation is 1. The van der Waals surface area contributed by atoms with E-state index in [1.807, 2.05) is 0 Å². The van der Waals surface area contributed by atoms with Crippen LogP contribution in [0.3, 0.4) is 0 Å². The van der Waals surface area contributed by atoms with Gasteiger partial charge in [0, 0.05) is 23.4 Å². The van der Waals surface area contributed by atoms with Crippen LogP contribution < -0.4 is 21.3 Å². The van der Waals surface area contributed by atoms with E-state index in [0.717, 1.165) is 61.3 Å². The first-order chi connectivity index (χ1) is 13.5. The third-order valence-electron chi connectivity index (χ3n) is 5.92. The molecule has 1 aromatic heterocycles. The average molecular weight is 405 g/mol. The summed E-state index contributed by atoms with van der Waals surface area (Å²) in [5.74, 6) is 0.830. The lowest BCUT2D eigenvalue weighted by Gasteiger charge is -2.27. The highest BCUT2D eigenvalue weighted by Gasteiger charge is 2.34. The second-order valence-corrected chi connectivity index (χ2v) is 9.62. The molecule has 0 spiro atoms. The van der Waals surface area contributed by atoms with Crippen molar-refractivity contribution in [3.63, 3.8) is 0 Å². The van der Waals surface area contributed by atoms with Crippen LogP contribution in [-0.2, 0) is 17.6 Å². The number of hydrogen-bond donors (Lipinski definition) is 4. The van der Waals surface area contributed by atoms with Gasteiger partial charge < -0.3 is 16.0 Å². The van der Waals surface area contributed by atoms with Gasteiger partial charge in [-0.15, -0.1) is 11.3 Å². The zero-order valence-electron chi connectivity index (χ0n) is 16.9. The summed E-state index contributed by atoms with van der Waals surface area (Å²) in [4.78, 5) is 26.7. The Labute approximate surface area is 171 Å². The van der Waals surface area contributed by atoms with Gasteiger partial charge in [0.15, 0.2) is 0 Å². The van der Waals surface area contributed by atoms with Gasteiger partial charge in [0.05, 0.1) is 11.7 Å². The molecule has 1 aromatic rings. The van der Waals surface area contributed by atoms with Crippen molar-refractivity contribution in [2.24, 2.45) is 11.8 Å². The van der Waals surface area contributed by atoms with Gasteiger partial charge in [0.2, 0.25) is 5.91 Å². The fourth-order valence-electron chi connectivity index (χ4n) is 3.98. The largest absolute Gasteiger partial charge is 0.352 e. The number of thiophene rings is 1. The van der Waals surface area contributed by atoms with Gasteiger partial charge in [0.1, 0.15) is 5.00 Å². The molecule has 154 valence electrons.